The van der Waals surface area contributed by atoms with Gasteiger partial charge in [0.1, 0.15) is 19.0 Å². The van der Waals surface area contributed by atoms with Gasteiger partial charge in [-0.2, -0.15) is 0 Å². The number of carbonyl (C=O) groups excluding carboxylic acids is 2. The number of esters is 2. The number of phenols is 1. The molecule has 0 saturated carbocycles. The SMILES string of the molecule is CC[C@@]1(O)C(=O)OCc2c1cc1n(c2=O)Cc2c-1nc1ccc(O)cc1c2/C=C/C(=O)OCc1ccccc1. The number of aromatic hydroxyl groups is 1. The number of phenolic OH excluding ortho intramolecular Hbond substituents is 1. The first kappa shape index (κ1) is 24.6. The lowest BCUT2D eigenvalue weighted by Crippen LogP contribution is -2.44. The normalized spacial score (nSPS) is 17.5. The van der Waals surface area contributed by atoms with Crippen molar-refractivity contribution in [3.05, 3.63) is 98.8 Å². The topological polar surface area (TPSA) is 128 Å². The number of nitrogens with zero attached hydrogens (tertiary/aromatic N) is 2. The van der Waals surface area contributed by atoms with Crippen LogP contribution in [0.5, 0.6) is 5.75 Å². The summed E-state index contributed by atoms with van der Waals surface area (Å²) >= 11 is 0. The van der Waals surface area contributed by atoms with Crippen LogP contribution in [0.15, 0.2) is 65.5 Å². The van der Waals surface area contributed by atoms with Crippen molar-refractivity contribution in [2.75, 3.05) is 0 Å². The number of fused-ring (bicyclic) bond motifs is 5. The summed E-state index contributed by atoms with van der Waals surface area (Å²) in [6.07, 6.45) is 2.95. The van der Waals surface area contributed by atoms with Crippen LogP contribution < -0.4 is 5.56 Å². The van der Waals surface area contributed by atoms with E-state index in [1.165, 1.54) is 16.7 Å². The largest absolute Gasteiger partial charge is 0.508 e. The summed E-state index contributed by atoms with van der Waals surface area (Å²) in [6.45, 7) is 1.68. The van der Waals surface area contributed by atoms with Gasteiger partial charge in [-0.1, -0.05) is 37.3 Å². The summed E-state index contributed by atoms with van der Waals surface area (Å²) in [4.78, 5) is 43.3. The highest BCUT2D eigenvalue weighted by Crippen LogP contribution is 2.41. The molecule has 0 unspecified atom stereocenters. The number of carbonyl (C=O) groups is 2. The molecule has 2 aromatic carbocycles. The molecule has 0 radical (unpaired) electrons. The highest BCUT2D eigenvalue weighted by molar-refractivity contribution is 5.97. The number of benzene rings is 2. The van der Waals surface area contributed by atoms with Gasteiger partial charge in [-0.3, -0.25) is 4.79 Å². The van der Waals surface area contributed by atoms with Crippen molar-refractivity contribution in [2.45, 2.75) is 38.7 Å². The maximum Gasteiger partial charge on any atom is 0.343 e. The van der Waals surface area contributed by atoms with Gasteiger partial charge >= 0.3 is 11.9 Å². The van der Waals surface area contributed by atoms with E-state index in [0.29, 0.717) is 33.4 Å². The predicted octanol–water partition coefficient (Wildman–Crippen LogP) is 3.54. The Hall–Kier alpha value is -4.76. The van der Waals surface area contributed by atoms with E-state index < -0.39 is 17.5 Å². The van der Waals surface area contributed by atoms with Crippen LogP contribution in [0.3, 0.4) is 0 Å². The van der Waals surface area contributed by atoms with Gasteiger partial charge < -0.3 is 24.3 Å². The zero-order valence-corrected chi connectivity index (χ0v) is 21.0. The number of hydrogen-bond donors (Lipinski definition) is 2. The molecule has 39 heavy (non-hydrogen) atoms. The zero-order valence-electron chi connectivity index (χ0n) is 21.0. The van der Waals surface area contributed by atoms with Crippen molar-refractivity contribution in [1.82, 2.24) is 9.55 Å². The van der Waals surface area contributed by atoms with Crippen molar-refractivity contribution < 1.29 is 29.3 Å². The minimum Gasteiger partial charge on any atom is -0.508 e. The number of aromatic nitrogens is 2. The number of ether oxygens (including phenoxy) is 2. The summed E-state index contributed by atoms with van der Waals surface area (Å²) in [5, 5.41) is 21.9. The first-order valence-corrected chi connectivity index (χ1v) is 12.5. The van der Waals surface area contributed by atoms with Crippen molar-refractivity contribution in [1.29, 1.82) is 0 Å². The molecule has 6 rings (SSSR count). The van der Waals surface area contributed by atoms with E-state index >= 15 is 0 Å². The highest BCUT2D eigenvalue weighted by atomic mass is 16.6. The molecule has 2 aliphatic rings. The number of pyridine rings is 2. The third-order valence-corrected chi connectivity index (χ3v) is 7.33. The van der Waals surface area contributed by atoms with E-state index in [0.717, 1.165) is 5.56 Å². The van der Waals surface area contributed by atoms with Crippen LogP contribution in [-0.2, 0) is 44.4 Å². The van der Waals surface area contributed by atoms with Crippen LogP contribution in [0.25, 0.3) is 28.4 Å². The molecule has 0 saturated heterocycles. The van der Waals surface area contributed by atoms with Crippen molar-refractivity contribution >= 4 is 28.9 Å². The van der Waals surface area contributed by atoms with Crippen LogP contribution in [-0.4, -0.2) is 31.7 Å². The van der Waals surface area contributed by atoms with E-state index in [1.807, 2.05) is 30.3 Å². The van der Waals surface area contributed by atoms with Crippen LogP contribution >= 0.6 is 0 Å². The van der Waals surface area contributed by atoms with Gasteiger partial charge in [0.05, 0.1) is 29.0 Å². The Bertz CT molecular complexity index is 1760. The van der Waals surface area contributed by atoms with Crippen molar-refractivity contribution in [3.8, 4) is 17.1 Å². The quantitative estimate of drug-likeness (QED) is 0.264. The maximum atomic E-state index is 13.5. The Morgan fingerprint density at radius 3 is 2.72 bits per heavy atom. The van der Waals surface area contributed by atoms with Crippen molar-refractivity contribution in [2.24, 2.45) is 0 Å². The minimum atomic E-state index is -1.93. The molecular weight excluding hydrogens is 500 g/mol. The molecule has 0 bridgehead atoms. The van der Waals surface area contributed by atoms with E-state index in [1.54, 1.807) is 31.2 Å². The Morgan fingerprint density at radius 2 is 1.95 bits per heavy atom. The molecule has 9 heteroatoms. The van der Waals surface area contributed by atoms with Gasteiger partial charge in [0.15, 0.2) is 5.60 Å². The molecule has 4 aromatic rings. The van der Waals surface area contributed by atoms with Gasteiger partial charge in [-0.25, -0.2) is 14.6 Å². The second kappa shape index (κ2) is 9.21. The lowest BCUT2D eigenvalue weighted by Gasteiger charge is -2.31. The van der Waals surface area contributed by atoms with E-state index in [9.17, 15) is 24.6 Å². The lowest BCUT2D eigenvalue weighted by atomic mass is 9.86. The Balaban J connectivity index is 1.46. The van der Waals surface area contributed by atoms with E-state index in [2.05, 4.69) is 0 Å². The molecule has 4 heterocycles. The number of rotatable bonds is 5. The zero-order chi connectivity index (χ0) is 27.3. The summed E-state index contributed by atoms with van der Waals surface area (Å²) in [5.74, 6) is -1.32. The monoisotopic (exact) mass is 524 g/mol. The predicted molar refractivity (Wildman–Crippen MR) is 141 cm³/mol. The summed E-state index contributed by atoms with van der Waals surface area (Å²) in [6, 6.07) is 15.6. The molecule has 2 aromatic heterocycles. The second-order valence-corrected chi connectivity index (χ2v) is 9.58. The van der Waals surface area contributed by atoms with E-state index in [-0.39, 0.29) is 48.6 Å². The lowest BCUT2D eigenvalue weighted by molar-refractivity contribution is -0.172. The van der Waals surface area contributed by atoms with Crippen LogP contribution in [0.4, 0.5) is 0 Å². The van der Waals surface area contributed by atoms with E-state index in [4.69, 9.17) is 14.5 Å². The molecule has 2 N–H and O–H groups in total. The fraction of sp³-hybridized carbons (Fsp3) is 0.200. The molecule has 0 aliphatic carbocycles. The number of hydrogen-bond acceptors (Lipinski definition) is 8. The molecule has 9 nitrogen and oxygen atoms in total. The van der Waals surface area contributed by atoms with Crippen LogP contribution in [0.2, 0.25) is 0 Å². The fourth-order valence-electron chi connectivity index (χ4n) is 5.22. The first-order valence-electron chi connectivity index (χ1n) is 12.5. The standard InChI is InChI=1S/C30H24N2O7/c1-2-30(37)23-13-25-27-21(14-32(25)28(35)22(23)16-39-29(30)36)19(20-12-18(33)8-10-24(20)31-27)9-11-26(34)38-15-17-6-4-3-5-7-17/h3-13,33,37H,2,14-16H2,1H3/b11-9+/t30-/m0/s1. The molecule has 196 valence electrons. The van der Waals surface area contributed by atoms with Gasteiger partial charge in [-0.15, -0.1) is 0 Å². The molecule has 2 aliphatic heterocycles. The van der Waals surface area contributed by atoms with Crippen molar-refractivity contribution in [3.63, 3.8) is 0 Å². The summed E-state index contributed by atoms with van der Waals surface area (Å²) < 4.78 is 12.0. The molecule has 0 fully saturated rings. The Labute approximate surface area is 222 Å². The smallest absolute Gasteiger partial charge is 0.343 e. The minimum absolute atomic E-state index is 0.0253. The number of aliphatic hydroxyl groups is 1. The molecule has 0 amide bonds. The molecule has 1 atom stereocenters. The number of cyclic esters (lactones) is 1. The molecular formula is C30H24N2O7. The van der Waals surface area contributed by atoms with Gasteiger partial charge in [-0.05, 0) is 47.9 Å². The van der Waals surface area contributed by atoms with Gasteiger partial charge in [0, 0.05) is 22.6 Å². The third-order valence-electron chi connectivity index (χ3n) is 7.33. The van der Waals surface area contributed by atoms with Crippen LogP contribution in [0.1, 0.15) is 41.2 Å². The second-order valence-electron chi connectivity index (χ2n) is 9.58. The van der Waals surface area contributed by atoms with Crippen LogP contribution in [0, 0.1) is 0 Å². The highest BCUT2D eigenvalue weighted by Gasteiger charge is 2.45. The summed E-state index contributed by atoms with van der Waals surface area (Å²) in [5.41, 5.74) is 1.71. The van der Waals surface area contributed by atoms with Gasteiger partial charge in [0.25, 0.3) is 5.56 Å². The summed E-state index contributed by atoms with van der Waals surface area (Å²) in [7, 11) is 0. The third kappa shape index (κ3) is 3.98. The maximum absolute atomic E-state index is 13.5. The first-order chi connectivity index (χ1) is 18.8. The average molecular weight is 525 g/mol. The van der Waals surface area contributed by atoms with Gasteiger partial charge in [0.2, 0.25) is 0 Å². The average Bonchev–Trinajstić information content (AvgIpc) is 3.31. The Morgan fingerprint density at radius 1 is 1.15 bits per heavy atom. The Kier molecular flexibility index (Phi) is 5.80. The fourth-order valence-corrected chi connectivity index (χ4v) is 5.22. The molecule has 0 spiro atoms.